The Morgan fingerprint density at radius 3 is 2.27 bits per heavy atom. The molecule has 1 aliphatic heterocycles. The topological polar surface area (TPSA) is 36.8 Å². The van der Waals surface area contributed by atoms with E-state index in [1.807, 2.05) is 0 Å². The fourth-order valence-electron chi connectivity index (χ4n) is 0.983. The number of nitrogens with one attached hydrogen (secondary N) is 1. The molecule has 0 spiro atoms. The number of hydrogen-bond acceptors (Lipinski definition) is 3. The monoisotopic (exact) mass is 169 g/mol. The fraction of sp³-hybridized carbons (Fsp3) is 0.714. The van der Waals surface area contributed by atoms with Gasteiger partial charge >= 0.3 is 0 Å². The van der Waals surface area contributed by atoms with Crippen LogP contribution in [0.3, 0.4) is 0 Å². The Labute approximate surface area is 68.6 Å². The molecule has 4 heteroatoms. The van der Waals surface area contributed by atoms with Crippen molar-refractivity contribution in [2.24, 2.45) is 9.98 Å². The van der Waals surface area contributed by atoms with E-state index >= 15 is 0 Å². The summed E-state index contributed by atoms with van der Waals surface area (Å²) in [5.74, 6) is 0. The van der Waals surface area contributed by atoms with Crippen LogP contribution < -0.4 is 5.32 Å². The predicted molar refractivity (Wildman–Crippen MR) is 52.1 cm³/mol. The summed E-state index contributed by atoms with van der Waals surface area (Å²) in [6.07, 6.45) is 3.62. The van der Waals surface area contributed by atoms with Crippen LogP contribution in [-0.4, -0.2) is 26.9 Å². The van der Waals surface area contributed by atoms with Crippen molar-refractivity contribution in [2.45, 2.75) is 31.9 Å². The van der Waals surface area contributed by atoms with Crippen LogP contribution in [0.4, 0.5) is 0 Å². The smallest absolute Gasteiger partial charge is 0.140 e. The molecule has 1 heterocycles. The molecule has 0 saturated heterocycles. The molecule has 1 rings (SSSR count). The largest absolute Gasteiger partial charge is 0.338 e. The van der Waals surface area contributed by atoms with Gasteiger partial charge in [-0.25, -0.2) is 9.98 Å². The van der Waals surface area contributed by atoms with Crippen LogP contribution in [0, 0.1) is 0 Å². The summed E-state index contributed by atoms with van der Waals surface area (Å²) in [7, 11) is -1.000. The molecule has 0 aromatic rings. The first kappa shape index (κ1) is 8.45. The molecule has 3 nitrogen and oxygen atoms in total. The van der Waals surface area contributed by atoms with Crippen LogP contribution in [0.5, 0.6) is 0 Å². The first-order valence-corrected chi connectivity index (χ1v) is 7.58. The summed E-state index contributed by atoms with van der Waals surface area (Å²) in [6, 6.07) is 1.14. The number of aliphatic imine (C=N–C) groups is 2. The van der Waals surface area contributed by atoms with E-state index in [4.69, 9.17) is 0 Å². The van der Waals surface area contributed by atoms with E-state index in [-0.39, 0.29) is 6.17 Å². The van der Waals surface area contributed by atoms with Gasteiger partial charge in [-0.1, -0.05) is 19.6 Å². The zero-order valence-electron chi connectivity index (χ0n) is 7.33. The van der Waals surface area contributed by atoms with Crippen LogP contribution in [0.2, 0.25) is 25.7 Å². The minimum atomic E-state index is -1.000. The molecule has 0 aromatic heterocycles. The van der Waals surface area contributed by atoms with Gasteiger partial charge in [0.2, 0.25) is 0 Å². The van der Waals surface area contributed by atoms with Gasteiger partial charge in [0.25, 0.3) is 0 Å². The van der Waals surface area contributed by atoms with Gasteiger partial charge in [-0.05, 0) is 6.04 Å². The highest BCUT2D eigenvalue weighted by Gasteiger charge is 2.19. The second-order valence-corrected chi connectivity index (χ2v) is 9.50. The van der Waals surface area contributed by atoms with E-state index in [0.29, 0.717) is 0 Å². The lowest BCUT2D eigenvalue weighted by Crippen LogP contribution is -2.28. The van der Waals surface area contributed by atoms with Crippen molar-refractivity contribution in [3.05, 3.63) is 0 Å². The summed E-state index contributed by atoms with van der Waals surface area (Å²) in [4.78, 5) is 8.43. The molecule has 0 unspecified atom stereocenters. The van der Waals surface area contributed by atoms with Gasteiger partial charge in [-0.15, -0.1) is 0 Å². The SMILES string of the molecule is C[Si](C)(C)CC1N=CNC=N1. The molecule has 1 N–H and O–H groups in total. The Kier molecular flexibility index (Phi) is 2.44. The van der Waals surface area contributed by atoms with Gasteiger partial charge < -0.3 is 5.32 Å². The zero-order valence-corrected chi connectivity index (χ0v) is 8.33. The van der Waals surface area contributed by atoms with E-state index in [1.54, 1.807) is 12.7 Å². The maximum atomic E-state index is 4.22. The molecule has 1 aliphatic rings. The third-order valence-electron chi connectivity index (χ3n) is 1.44. The maximum Gasteiger partial charge on any atom is 0.140 e. The summed E-state index contributed by atoms with van der Waals surface area (Å²) in [5, 5.41) is 2.83. The highest BCUT2D eigenvalue weighted by molar-refractivity contribution is 6.76. The van der Waals surface area contributed by atoms with Crippen LogP contribution in [0.15, 0.2) is 9.98 Å². The average molecular weight is 169 g/mol. The summed E-state index contributed by atoms with van der Waals surface area (Å²) in [5.41, 5.74) is 0. The van der Waals surface area contributed by atoms with Gasteiger partial charge in [0.05, 0.1) is 12.7 Å². The van der Waals surface area contributed by atoms with Crippen LogP contribution in [0.1, 0.15) is 0 Å². The minimum Gasteiger partial charge on any atom is -0.338 e. The molecule has 0 amide bonds. The third kappa shape index (κ3) is 3.32. The lowest BCUT2D eigenvalue weighted by atomic mass is 10.6. The van der Waals surface area contributed by atoms with Crippen molar-refractivity contribution in [3.8, 4) is 0 Å². The molecule has 0 aliphatic carbocycles. The lowest BCUT2D eigenvalue weighted by Gasteiger charge is -2.19. The summed E-state index contributed by atoms with van der Waals surface area (Å²) in [6.45, 7) is 7.00. The van der Waals surface area contributed by atoms with Gasteiger partial charge in [-0.2, -0.15) is 0 Å². The van der Waals surface area contributed by atoms with E-state index in [1.165, 1.54) is 0 Å². The number of rotatable bonds is 2. The van der Waals surface area contributed by atoms with Crippen molar-refractivity contribution >= 4 is 20.8 Å². The first-order chi connectivity index (χ1) is 5.08. The molecular weight excluding hydrogens is 154 g/mol. The van der Waals surface area contributed by atoms with Crippen molar-refractivity contribution in [2.75, 3.05) is 0 Å². The highest BCUT2D eigenvalue weighted by atomic mass is 28.3. The molecule has 0 saturated carbocycles. The molecular formula is C7H15N3Si. The van der Waals surface area contributed by atoms with E-state index in [0.717, 1.165) is 6.04 Å². The van der Waals surface area contributed by atoms with E-state index < -0.39 is 8.07 Å². The van der Waals surface area contributed by atoms with Gasteiger partial charge in [-0.3, -0.25) is 0 Å². The standard InChI is InChI=1S/C7H15N3Si/c1-11(2,3)4-7-9-5-8-6-10-7/h5-7H,4H2,1-3H3,(H,8,9,10). The molecule has 11 heavy (non-hydrogen) atoms. The fourth-order valence-corrected chi connectivity index (χ4v) is 2.29. The Morgan fingerprint density at radius 1 is 1.27 bits per heavy atom. The zero-order chi connectivity index (χ0) is 8.32. The second kappa shape index (κ2) is 3.17. The Morgan fingerprint density at radius 2 is 1.82 bits per heavy atom. The number of nitrogens with zero attached hydrogens (tertiary/aromatic N) is 2. The van der Waals surface area contributed by atoms with Crippen molar-refractivity contribution in [3.63, 3.8) is 0 Å². The summed E-state index contributed by atoms with van der Waals surface area (Å²) >= 11 is 0. The van der Waals surface area contributed by atoms with Crippen LogP contribution in [0.25, 0.3) is 0 Å². The third-order valence-corrected chi connectivity index (χ3v) is 3.03. The molecule has 0 bridgehead atoms. The van der Waals surface area contributed by atoms with E-state index in [9.17, 15) is 0 Å². The van der Waals surface area contributed by atoms with Gasteiger partial charge in [0.1, 0.15) is 6.17 Å². The Bertz CT molecular complexity index is 169. The van der Waals surface area contributed by atoms with Crippen LogP contribution in [-0.2, 0) is 0 Å². The van der Waals surface area contributed by atoms with Crippen LogP contribution >= 0.6 is 0 Å². The molecule has 0 aromatic carbocycles. The second-order valence-electron chi connectivity index (χ2n) is 3.97. The van der Waals surface area contributed by atoms with Gasteiger partial charge in [0.15, 0.2) is 0 Å². The first-order valence-electron chi connectivity index (χ1n) is 3.87. The minimum absolute atomic E-state index is 0.183. The normalized spacial score (nSPS) is 18.5. The predicted octanol–water partition coefficient (Wildman–Crippen LogP) is 1.31. The Balaban J connectivity index is 2.43. The van der Waals surface area contributed by atoms with E-state index in [2.05, 4.69) is 34.9 Å². The Hall–Kier alpha value is -0.643. The highest BCUT2D eigenvalue weighted by Crippen LogP contribution is 2.14. The molecule has 0 radical (unpaired) electrons. The van der Waals surface area contributed by atoms with Crippen molar-refractivity contribution in [1.29, 1.82) is 0 Å². The summed E-state index contributed by atoms with van der Waals surface area (Å²) < 4.78 is 0. The maximum absolute atomic E-state index is 4.22. The average Bonchev–Trinajstić information content (AvgIpc) is 1.85. The molecule has 0 atom stereocenters. The number of hydrogen-bond donors (Lipinski definition) is 1. The molecule has 0 fully saturated rings. The van der Waals surface area contributed by atoms with Gasteiger partial charge in [0, 0.05) is 8.07 Å². The quantitative estimate of drug-likeness (QED) is 0.622. The van der Waals surface area contributed by atoms with Crippen molar-refractivity contribution < 1.29 is 0 Å². The lowest BCUT2D eigenvalue weighted by molar-refractivity contribution is 0.770. The van der Waals surface area contributed by atoms with Crippen molar-refractivity contribution in [1.82, 2.24) is 5.32 Å². The molecule has 62 valence electrons.